The molecule has 0 aliphatic rings. The number of amides is 2. The van der Waals surface area contributed by atoms with E-state index in [2.05, 4.69) is 13.2 Å². The van der Waals surface area contributed by atoms with Crippen LogP contribution in [0.25, 0.3) is 0 Å². The van der Waals surface area contributed by atoms with Gasteiger partial charge in [0.2, 0.25) is 11.8 Å². The molecule has 0 radical (unpaired) electrons. The van der Waals surface area contributed by atoms with Crippen LogP contribution in [0, 0.1) is 0 Å². The SMILES string of the molecule is C=CCCCCCCCCC(N)=O.C=CCCCCCCCCC(N)=O. The van der Waals surface area contributed by atoms with E-state index >= 15 is 0 Å². The van der Waals surface area contributed by atoms with E-state index in [1.54, 1.807) is 0 Å². The number of unbranched alkanes of at least 4 members (excludes halogenated alkanes) is 12. The Balaban J connectivity index is 0. The summed E-state index contributed by atoms with van der Waals surface area (Å²) in [7, 11) is 0. The van der Waals surface area contributed by atoms with Crippen LogP contribution in [0.4, 0.5) is 0 Å². The zero-order valence-electron chi connectivity index (χ0n) is 16.9. The Morgan fingerprint density at radius 1 is 0.538 bits per heavy atom. The maximum absolute atomic E-state index is 10.4. The molecule has 0 heterocycles. The Labute approximate surface area is 161 Å². The zero-order chi connectivity index (χ0) is 19.9. The second-order valence-electron chi connectivity index (χ2n) is 6.83. The maximum Gasteiger partial charge on any atom is 0.217 e. The summed E-state index contributed by atoms with van der Waals surface area (Å²) in [5, 5.41) is 0. The van der Waals surface area contributed by atoms with Crippen LogP contribution in [0.2, 0.25) is 0 Å². The van der Waals surface area contributed by atoms with Gasteiger partial charge >= 0.3 is 0 Å². The molecule has 0 aliphatic carbocycles. The second kappa shape index (κ2) is 23.4. The number of primary amides is 2. The number of hydrogen-bond donors (Lipinski definition) is 2. The van der Waals surface area contributed by atoms with Crippen molar-refractivity contribution in [3.05, 3.63) is 25.3 Å². The molecule has 0 saturated carbocycles. The van der Waals surface area contributed by atoms with Crippen molar-refractivity contribution in [3.63, 3.8) is 0 Å². The van der Waals surface area contributed by atoms with Gasteiger partial charge in [0.05, 0.1) is 0 Å². The van der Waals surface area contributed by atoms with Gasteiger partial charge in [0.1, 0.15) is 0 Å². The molecule has 4 heteroatoms. The average molecular weight is 367 g/mol. The van der Waals surface area contributed by atoms with E-state index in [-0.39, 0.29) is 11.8 Å². The fraction of sp³-hybridized carbons (Fsp3) is 0.727. The second-order valence-corrected chi connectivity index (χ2v) is 6.83. The molecule has 152 valence electrons. The summed E-state index contributed by atoms with van der Waals surface area (Å²) < 4.78 is 0. The normalized spacial score (nSPS) is 9.85. The van der Waals surface area contributed by atoms with E-state index in [1.165, 1.54) is 51.4 Å². The fourth-order valence-corrected chi connectivity index (χ4v) is 2.59. The van der Waals surface area contributed by atoms with Crippen LogP contribution >= 0.6 is 0 Å². The van der Waals surface area contributed by atoms with Crippen LogP contribution in [0.3, 0.4) is 0 Å². The van der Waals surface area contributed by atoms with Crippen molar-refractivity contribution in [3.8, 4) is 0 Å². The van der Waals surface area contributed by atoms with Crippen molar-refractivity contribution in [2.75, 3.05) is 0 Å². The standard InChI is InChI=1S/2C11H21NO/c2*1-2-3-4-5-6-7-8-9-10-11(12)13/h2*2H,1,3-10H2,(H2,12,13). The van der Waals surface area contributed by atoms with Crippen molar-refractivity contribution in [1.82, 2.24) is 0 Å². The van der Waals surface area contributed by atoms with Crippen molar-refractivity contribution in [2.45, 2.75) is 103 Å². The Morgan fingerprint density at radius 3 is 1.08 bits per heavy atom. The molecule has 0 unspecified atom stereocenters. The smallest absolute Gasteiger partial charge is 0.217 e. The molecule has 2 amide bonds. The lowest BCUT2D eigenvalue weighted by atomic mass is 10.1. The number of hydrogen-bond acceptors (Lipinski definition) is 2. The Kier molecular flexibility index (Phi) is 24.0. The number of carbonyl (C=O) groups excluding carboxylic acids is 2. The summed E-state index contributed by atoms with van der Waals surface area (Å²) in [6.45, 7) is 7.35. The van der Waals surface area contributed by atoms with E-state index in [4.69, 9.17) is 11.5 Å². The minimum absolute atomic E-state index is 0.174. The lowest BCUT2D eigenvalue weighted by molar-refractivity contribution is -0.119. The van der Waals surface area contributed by atoms with Gasteiger partial charge in [0.15, 0.2) is 0 Å². The topological polar surface area (TPSA) is 86.2 Å². The van der Waals surface area contributed by atoms with Gasteiger partial charge in [-0.25, -0.2) is 0 Å². The predicted octanol–water partition coefficient (Wildman–Crippen LogP) is 5.56. The first-order valence-corrected chi connectivity index (χ1v) is 10.3. The lowest BCUT2D eigenvalue weighted by Crippen LogP contribution is -2.09. The third kappa shape index (κ3) is 30.3. The molecule has 0 aromatic carbocycles. The summed E-state index contributed by atoms with van der Waals surface area (Å²) >= 11 is 0. The molecule has 0 spiro atoms. The molecule has 0 aliphatic heterocycles. The molecule has 4 N–H and O–H groups in total. The monoisotopic (exact) mass is 366 g/mol. The maximum atomic E-state index is 10.4. The van der Waals surface area contributed by atoms with Crippen molar-refractivity contribution < 1.29 is 9.59 Å². The highest BCUT2D eigenvalue weighted by atomic mass is 16.1. The molecule has 26 heavy (non-hydrogen) atoms. The average Bonchev–Trinajstić information content (AvgIpc) is 2.60. The Bertz CT molecular complexity index is 320. The highest BCUT2D eigenvalue weighted by molar-refractivity contribution is 5.73. The molecule has 4 nitrogen and oxygen atoms in total. The van der Waals surface area contributed by atoms with Gasteiger partial charge in [-0.1, -0.05) is 63.5 Å². The molecule has 0 atom stereocenters. The summed E-state index contributed by atoms with van der Waals surface area (Å²) in [5.41, 5.74) is 10.0. The van der Waals surface area contributed by atoms with Gasteiger partial charge in [0, 0.05) is 12.8 Å². The first kappa shape index (κ1) is 26.6. The number of nitrogens with two attached hydrogens (primary N) is 2. The Hall–Kier alpha value is -1.58. The van der Waals surface area contributed by atoms with E-state index < -0.39 is 0 Å². The number of carbonyl (C=O) groups is 2. The molecule has 0 fully saturated rings. The van der Waals surface area contributed by atoms with E-state index in [1.807, 2.05) is 12.2 Å². The number of allylic oxidation sites excluding steroid dienone is 2. The van der Waals surface area contributed by atoms with Crippen LogP contribution in [0.1, 0.15) is 103 Å². The van der Waals surface area contributed by atoms with Crippen molar-refractivity contribution in [2.24, 2.45) is 11.5 Å². The third-order valence-electron chi connectivity index (χ3n) is 4.16. The van der Waals surface area contributed by atoms with Crippen LogP contribution in [-0.2, 0) is 9.59 Å². The van der Waals surface area contributed by atoms with Crippen LogP contribution in [0.15, 0.2) is 25.3 Å². The summed E-state index contributed by atoms with van der Waals surface area (Å²) in [6.07, 6.45) is 21.5. The van der Waals surface area contributed by atoms with E-state index in [0.717, 1.165) is 38.5 Å². The van der Waals surface area contributed by atoms with Gasteiger partial charge in [-0.2, -0.15) is 0 Å². The highest BCUT2D eigenvalue weighted by Crippen LogP contribution is 2.09. The lowest BCUT2D eigenvalue weighted by Gasteiger charge is -1.99. The van der Waals surface area contributed by atoms with E-state index in [9.17, 15) is 9.59 Å². The molecule has 0 aromatic heterocycles. The molecule has 0 rings (SSSR count). The largest absolute Gasteiger partial charge is 0.370 e. The molecule has 0 bridgehead atoms. The Morgan fingerprint density at radius 2 is 0.808 bits per heavy atom. The summed E-state index contributed by atoms with van der Waals surface area (Å²) in [4.78, 5) is 20.8. The van der Waals surface area contributed by atoms with Gasteiger partial charge in [0.25, 0.3) is 0 Å². The molecular formula is C22H42N2O2. The van der Waals surface area contributed by atoms with Gasteiger partial charge in [-0.05, 0) is 38.5 Å². The zero-order valence-corrected chi connectivity index (χ0v) is 16.9. The van der Waals surface area contributed by atoms with Gasteiger partial charge < -0.3 is 11.5 Å². The van der Waals surface area contributed by atoms with E-state index in [0.29, 0.717) is 12.8 Å². The molecule has 0 saturated heterocycles. The summed E-state index contributed by atoms with van der Waals surface area (Å²) in [5.74, 6) is -0.349. The third-order valence-corrected chi connectivity index (χ3v) is 4.16. The molecule has 0 aromatic rings. The minimum Gasteiger partial charge on any atom is -0.370 e. The first-order chi connectivity index (χ1) is 12.5. The highest BCUT2D eigenvalue weighted by Gasteiger charge is 1.95. The van der Waals surface area contributed by atoms with Crippen LogP contribution < -0.4 is 11.5 Å². The minimum atomic E-state index is -0.174. The fourth-order valence-electron chi connectivity index (χ4n) is 2.59. The van der Waals surface area contributed by atoms with Crippen molar-refractivity contribution >= 4 is 11.8 Å². The van der Waals surface area contributed by atoms with Crippen LogP contribution in [0.5, 0.6) is 0 Å². The van der Waals surface area contributed by atoms with Crippen LogP contribution in [-0.4, -0.2) is 11.8 Å². The number of rotatable bonds is 18. The van der Waals surface area contributed by atoms with Gasteiger partial charge in [-0.15, -0.1) is 13.2 Å². The first-order valence-electron chi connectivity index (χ1n) is 10.3. The quantitative estimate of drug-likeness (QED) is 0.246. The van der Waals surface area contributed by atoms with Crippen molar-refractivity contribution in [1.29, 1.82) is 0 Å². The summed E-state index contributed by atoms with van der Waals surface area (Å²) in [6, 6.07) is 0. The predicted molar refractivity (Wildman–Crippen MR) is 113 cm³/mol. The van der Waals surface area contributed by atoms with Gasteiger partial charge in [-0.3, -0.25) is 9.59 Å². The molecular weight excluding hydrogens is 324 g/mol.